The highest BCUT2D eigenvalue weighted by Crippen LogP contribution is 2.40. The summed E-state index contributed by atoms with van der Waals surface area (Å²) in [6, 6.07) is 26.5. The van der Waals surface area contributed by atoms with Gasteiger partial charge in [-0.25, -0.2) is 4.79 Å². The van der Waals surface area contributed by atoms with Crippen LogP contribution >= 0.6 is 0 Å². The second-order valence-electron chi connectivity index (χ2n) is 12.3. The number of hydrogen-bond acceptors (Lipinski definition) is 2. The number of aromatic carboxylic acids is 1. The van der Waals surface area contributed by atoms with Gasteiger partial charge < -0.3 is 10.4 Å². The van der Waals surface area contributed by atoms with Gasteiger partial charge in [0.05, 0.1) is 11.6 Å². The molecule has 2 N–H and O–H groups in total. The van der Waals surface area contributed by atoms with E-state index in [4.69, 9.17) is 0 Å². The number of allylic oxidation sites excluding steroid dienone is 5. The summed E-state index contributed by atoms with van der Waals surface area (Å²) in [4.78, 5) is 11.7. The van der Waals surface area contributed by atoms with Crippen molar-refractivity contribution in [2.75, 3.05) is 0 Å². The first-order valence-corrected chi connectivity index (χ1v) is 15.6. The molecule has 4 unspecified atom stereocenters. The Hall–Kier alpha value is -4.11. The van der Waals surface area contributed by atoms with Crippen LogP contribution in [0.5, 0.6) is 0 Å². The minimum absolute atomic E-state index is 0.233. The molecular weight excluding hydrogens is 526 g/mol. The monoisotopic (exact) mass is 573 g/mol. The van der Waals surface area contributed by atoms with Gasteiger partial charge in [0, 0.05) is 5.70 Å². The van der Waals surface area contributed by atoms with Gasteiger partial charge in [0.15, 0.2) is 0 Å². The van der Waals surface area contributed by atoms with Gasteiger partial charge in [-0.05, 0) is 109 Å². The first-order chi connectivity index (χ1) is 20.6. The Morgan fingerprint density at radius 1 is 0.953 bits per heavy atom. The Morgan fingerprint density at radius 3 is 2.23 bits per heavy atom. The minimum atomic E-state index is -0.900. The SMILES string of the molecule is C=C(NC(CC)c1ccccc1)C1=CCC(C(C)C(C)Cc2ccc(-c3ccccc3C(=O)O)cc2)C(C(C)=C(C)C)=C1. The first kappa shape index (κ1) is 31.8. The predicted octanol–water partition coefficient (Wildman–Crippen LogP) is 10.4. The summed E-state index contributed by atoms with van der Waals surface area (Å²) in [6.07, 6.45) is 7.70. The predicted molar refractivity (Wildman–Crippen MR) is 181 cm³/mol. The Kier molecular flexibility index (Phi) is 10.6. The molecule has 0 bridgehead atoms. The van der Waals surface area contributed by atoms with E-state index in [1.54, 1.807) is 12.1 Å². The van der Waals surface area contributed by atoms with Crippen molar-refractivity contribution in [2.45, 2.75) is 66.8 Å². The minimum Gasteiger partial charge on any atom is -0.478 e. The molecule has 3 aromatic carbocycles. The molecule has 4 rings (SSSR count). The van der Waals surface area contributed by atoms with Gasteiger partial charge in [0.1, 0.15) is 0 Å². The number of nitrogens with one attached hydrogen (secondary N) is 1. The molecule has 224 valence electrons. The number of carbonyl (C=O) groups is 1. The van der Waals surface area contributed by atoms with Crippen LogP contribution in [0.3, 0.4) is 0 Å². The molecule has 0 fully saturated rings. The lowest BCUT2D eigenvalue weighted by Crippen LogP contribution is -2.26. The standard InChI is InChI=1S/C40H47NO2/c1-8-39(33-14-10-9-11-15-33)41-30(7)34-22-23-35(38(25-34)28(5)26(2)3)29(6)27(4)24-31-18-20-32(21-19-31)36-16-12-13-17-37(36)40(42)43/h9-22,25,27,29,35,39,41H,7-8,23-24H2,1-6H3,(H,42,43). The summed E-state index contributed by atoms with van der Waals surface area (Å²) in [5, 5.41) is 13.3. The topological polar surface area (TPSA) is 49.3 Å². The summed E-state index contributed by atoms with van der Waals surface area (Å²) < 4.78 is 0. The molecule has 0 aromatic heterocycles. The third kappa shape index (κ3) is 7.65. The van der Waals surface area contributed by atoms with E-state index in [-0.39, 0.29) is 6.04 Å². The van der Waals surface area contributed by atoms with Crippen molar-refractivity contribution in [3.63, 3.8) is 0 Å². The fourth-order valence-corrected chi connectivity index (χ4v) is 6.19. The Labute approximate surface area is 258 Å². The van der Waals surface area contributed by atoms with E-state index in [0.29, 0.717) is 23.3 Å². The van der Waals surface area contributed by atoms with E-state index in [1.807, 2.05) is 12.1 Å². The van der Waals surface area contributed by atoms with Gasteiger partial charge in [0.2, 0.25) is 0 Å². The van der Waals surface area contributed by atoms with Gasteiger partial charge in [0.25, 0.3) is 0 Å². The van der Waals surface area contributed by atoms with Crippen LogP contribution in [0.1, 0.15) is 81.9 Å². The highest BCUT2D eigenvalue weighted by Gasteiger charge is 2.29. The van der Waals surface area contributed by atoms with Crippen molar-refractivity contribution in [1.82, 2.24) is 5.32 Å². The number of hydrogen-bond donors (Lipinski definition) is 2. The Morgan fingerprint density at radius 2 is 1.60 bits per heavy atom. The summed E-state index contributed by atoms with van der Waals surface area (Å²) in [7, 11) is 0. The summed E-state index contributed by atoms with van der Waals surface area (Å²) in [6.45, 7) is 18.1. The van der Waals surface area contributed by atoms with Crippen LogP contribution in [0.15, 0.2) is 126 Å². The molecule has 3 nitrogen and oxygen atoms in total. The van der Waals surface area contributed by atoms with Crippen molar-refractivity contribution in [2.24, 2.45) is 17.8 Å². The molecule has 0 amide bonds. The van der Waals surface area contributed by atoms with Gasteiger partial charge in [-0.1, -0.05) is 112 Å². The molecule has 1 aliphatic rings. The summed E-state index contributed by atoms with van der Waals surface area (Å²) in [5.41, 5.74) is 10.9. The lowest BCUT2D eigenvalue weighted by Gasteiger charge is -2.34. The van der Waals surface area contributed by atoms with Crippen molar-refractivity contribution < 1.29 is 9.90 Å². The Balaban J connectivity index is 1.49. The number of rotatable bonds is 12. The number of carboxylic acid groups (broad SMARTS) is 1. The van der Waals surface area contributed by atoms with Gasteiger partial charge in [-0.2, -0.15) is 0 Å². The lowest BCUT2D eigenvalue weighted by molar-refractivity contribution is 0.0697. The van der Waals surface area contributed by atoms with Crippen LogP contribution in [-0.2, 0) is 6.42 Å². The van der Waals surface area contributed by atoms with Crippen LogP contribution < -0.4 is 5.32 Å². The van der Waals surface area contributed by atoms with E-state index in [1.165, 1.54) is 33.4 Å². The average molecular weight is 574 g/mol. The second-order valence-corrected chi connectivity index (χ2v) is 12.3. The third-order valence-electron chi connectivity index (χ3n) is 9.30. The van der Waals surface area contributed by atoms with E-state index in [9.17, 15) is 9.90 Å². The van der Waals surface area contributed by atoms with Gasteiger partial charge in [-0.3, -0.25) is 0 Å². The highest BCUT2D eigenvalue weighted by molar-refractivity contribution is 5.96. The fraction of sp³-hybridized carbons (Fsp3) is 0.325. The smallest absolute Gasteiger partial charge is 0.336 e. The van der Waals surface area contributed by atoms with E-state index < -0.39 is 5.97 Å². The molecule has 0 saturated carbocycles. The first-order valence-electron chi connectivity index (χ1n) is 15.6. The van der Waals surface area contributed by atoms with Crippen LogP contribution in [0.4, 0.5) is 0 Å². The summed E-state index contributed by atoms with van der Waals surface area (Å²) in [5.74, 6) is 0.469. The highest BCUT2D eigenvalue weighted by atomic mass is 16.4. The van der Waals surface area contributed by atoms with Crippen LogP contribution in [0.25, 0.3) is 11.1 Å². The molecular formula is C40H47NO2. The molecule has 0 aliphatic heterocycles. The van der Waals surface area contributed by atoms with Gasteiger partial charge >= 0.3 is 5.97 Å². The van der Waals surface area contributed by atoms with E-state index in [2.05, 4.69) is 120 Å². The maximum Gasteiger partial charge on any atom is 0.336 e. The molecule has 0 heterocycles. The maximum atomic E-state index is 11.7. The molecule has 0 spiro atoms. The molecule has 3 aromatic rings. The zero-order valence-electron chi connectivity index (χ0n) is 26.7. The van der Waals surface area contributed by atoms with Crippen molar-refractivity contribution in [1.29, 1.82) is 0 Å². The Bertz CT molecular complexity index is 1520. The van der Waals surface area contributed by atoms with Crippen molar-refractivity contribution >= 4 is 5.97 Å². The molecule has 3 heteroatoms. The molecule has 0 radical (unpaired) electrons. The zero-order chi connectivity index (χ0) is 31.1. The molecule has 4 atom stereocenters. The van der Waals surface area contributed by atoms with Crippen LogP contribution in [0, 0.1) is 17.8 Å². The quantitative estimate of drug-likeness (QED) is 0.227. The van der Waals surface area contributed by atoms with Crippen molar-refractivity contribution in [3.05, 3.63) is 142 Å². The maximum absolute atomic E-state index is 11.7. The molecule has 0 saturated heterocycles. The lowest BCUT2D eigenvalue weighted by atomic mass is 9.71. The normalized spacial score (nSPS) is 16.7. The molecule has 43 heavy (non-hydrogen) atoms. The van der Waals surface area contributed by atoms with E-state index >= 15 is 0 Å². The molecule has 1 aliphatic carbocycles. The fourth-order valence-electron chi connectivity index (χ4n) is 6.19. The van der Waals surface area contributed by atoms with Crippen molar-refractivity contribution in [3.8, 4) is 11.1 Å². The summed E-state index contributed by atoms with van der Waals surface area (Å²) >= 11 is 0. The second kappa shape index (κ2) is 14.4. The average Bonchev–Trinajstić information content (AvgIpc) is 3.03. The van der Waals surface area contributed by atoms with Gasteiger partial charge in [-0.15, -0.1) is 0 Å². The van der Waals surface area contributed by atoms with E-state index in [0.717, 1.165) is 36.1 Å². The van der Waals surface area contributed by atoms with Crippen LogP contribution in [-0.4, -0.2) is 11.1 Å². The number of benzene rings is 3. The van der Waals surface area contributed by atoms with Crippen LogP contribution in [0.2, 0.25) is 0 Å². The third-order valence-corrected chi connectivity index (χ3v) is 9.30. The largest absolute Gasteiger partial charge is 0.478 e. The number of carboxylic acids is 1. The zero-order valence-corrected chi connectivity index (χ0v) is 26.7.